The predicted molar refractivity (Wildman–Crippen MR) is 118 cm³/mol. The second-order valence-corrected chi connectivity index (χ2v) is 7.91. The number of nitrogens with zero attached hydrogens (tertiary/aromatic N) is 1. The molecule has 0 unspecified atom stereocenters. The first-order chi connectivity index (χ1) is 13.5. The van der Waals surface area contributed by atoms with Crippen LogP contribution in [-0.2, 0) is 21.8 Å². The molecule has 150 valence electrons. The number of halogens is 1. The number of amides is 2. The summed E-state index contributed by atoms with van der Waals surface area (Å²) in [6.45, 7) is 2.45. The third kappa shape index (κ3) is 6.88. The molecule has 0 saturated carbocycles. The highest BCUT2D eigenvalue weighted by molar-refractivity contribution is 7.99. The predicted octanol–water partition coefficient (Wildman–Crippen LogP) is 4.17. The lowest BCUT2D eigenvalue weighted by atomic mass is 10.1. The summed E-state index contributed by atoms with van der Waals surface area (Å²) < 4.78 is 0. The minimum absolute atomic E-state index is 0.0154. The van der Waals surface area contributed by atoms with Crippen LogP contribution < -0.4 is 5.32 Å². The Labute approximate surface area is 176 Å². The molecule has 0 bridgehead atoms. The number of thioether (sulfide) groups is 1. The summed E-state index contributed by atoms with van der Waals surface area (Å²) in [5.74, 6) is 0.895. The molecule has 1 N–H and O–H groups in total. The van der Waals surface area contributed by atoms with Gasteiger partial charge in [-0.05, 0) is 36.1 Å². The van der Waals surface area contributed by atoms with E-state index in [-0.39, 0.29) is 11.8 Å². The van der Waals surface area contributed by atoms with Gasteiger partial charge in [0.2, 0.25) is 11.8 Å². The molecular weight excluding hydrogens is 392 g/mol. The first-order valence-corrected chi connectivity index (χ1v) is 11.0. The van der Waals surface area contributed by atoms with Crippen LogP contribution >= 0.6 is 23.4 Å². The lowest BCUT2D eigenvalue weighted by molar-refractivity contribution is -0.138. The van der Waals surface area contributed by atoms with Gasteiger partial charge in [0, 0.05) is 24.4 Å². The van der Waals surface area contributed by atoms with Crippen molar-refractivity contribution < 1.29 is 9.59 Å². The smallest absolute Gasteiger partial charge is 0.242 e. The summed E-state index contributed by atoms with van der Waals surface area (Å²) in [6, 6.07) is 17.2. The number of likely N-dealkylation sites (N-methyl/N-ethyl adjacent to an activating group) is 1. The summed E-state index contributed by atoms with van der Waals surface area (Å²) >= 11 is 7.56. The summed E-state index contributed by atoms with van der Waals surface area (Å²) in [6.07, 6.45) is 1.30. The second kappa shape index (κ2) is 11.8. The van der Waals surface area contributed by atoms with Crippen molar-refractivity contribution in [1.82, 2.24) is 10.2 Å². The van der Waals surface area contributed by atoms with Gasteiger partial charge in [0.05, 0.1) is 5.75 Å². The van der Waals surface area contributed by atoms with Gasteiger partial charge in [-0.2, -0.15) is 0 Å². The molecule has 28 heavy (non-hydrogen) atoms. The van der Waals surface area contributed by atoms with Gasteiger partial charge in [0.15, 0.2) is 0 Å². The molecule has 2 aromatic rings. The molecule has 0 fully saturated rings. The van der Waals surface area contributed by atoms with E-state index in [0.717, 1.165) is 17.5 Å². The molecule has 0 radical (unpaired) electrons. The van der Waals surface area contributed by atoms with Crippen LogP contribution in [0.2, 0.25) is 5.02 Å². The maximum absolute atomic E-state index is 12.9. The van der Waals surface area contributed by atoms with Crippen molar-refractivity contribution in [3.05, 3.63) is 70.7 Å². The molecule has 0 aliphatic carbocycles. The van der Waals surface area contributed by atoms with Crippen molar-refractivity contribution in [2.45, 2.75) is 31.6 Å². The molecule has 1 atom stereocenters. The quantitative estimate of drug-likeness (QED) is 0.630. The van der Waals surface area contributed by atoms with E-state index in [4.69, 9.17) is 11.6 Å². The Bertz CT molecular complexity index is 770. The SMILES string of the molecule is CC[C@H](C(=O)NC)N(CCc1ccccc1)C(=O)CSCc1cccc(Cl)c1. The zero-order chi connectivity index (χ0) is 20.4. The van der Waals surface area contributed by atoms with Crippen LogP contribution in [0.4, 0.5) is 0 Å². The standard InChI is InChI=1S/C22H27ClN2O2S/c1-3-20(22(27)24-2)25(13-12-17-8-5-4-6-9-17)21(26)16-28-15-18-10-7-11-19(23)14-18/h4-11,14,20H,3,12-13,15-16H2,1-2H3,(H,24,27)/t20-/m1/s1. The maximum Gasteiger partial charge on any atom is 0.242 e. The first kappa shape index (κ1) is 22.3. The number of benzene rings is 2. The van der Waals surface area contributed by atoms with Gasteiger partial charge in [-0.15, -0.1) is 11.8 Å². The highest BCUT2D eigenvalue weighted by Crippen LogP contribution is 2.18. The average molecular weight is 419 g/mol. The zero-order valence-electron chi connectivity index (χ0n) is 16.4. The summed E-state index contributed by atoms with van der Waals surface area (Å²) in [5.41, 5.74) is 2.23. The van der Waals surface area contributed by atoms with E-state index in [9.17, 15) is 9.59 Å². The van der Waals surface area contributed by atoms with Crippen LogP contribution in [0, 0.1) is 0 Å². The number of hydrogen-bond donors (Lipinski definition) is 1. The van der Waals surface area contributed by atoms with Crippen LogP contribution in [0.1, 0.15) is 24.5 Å². The van der Waals surface area contributed by atoms with Crippen molar-refractivity contribution in [3.63, 3.8) is 0 Å². The van der Waals surface area contributed by atoms with E-state index in [1.165, 1.54) is 11.8 Å². The number of carbonyl (C=O) groups is 2. The van der Waals surface area contributed by atoms with E-state index in [2.05, 4.69) is 5.32 Å². The minimum atomic E-state index is -0.451. The lowest BCUT2D eigenvalue weighted by Gasteiger charge is -2.30. The fraction of sp³-hybridized carbons (Fsp3) is 0.364. The summed E-state index contributed by atoms with van der Waals surface area (Å²) in [5, 5.41) is 3.38. The number of hydrogen-bond acceptors (Lipinski definition) is 3. The fourth-order valence-electron chi connectivity index (χ4n) is 3.03. The summed E-state index contributed by atoms with van der Waals surface area (Å²) in [7, 11) is 1.61. The molecule has 2 aromatic carbocycles. The zero-order valence-corrected chi connectivity index (χ0v) is 17.9. The van der Waals surface area contributed by atoms with Gasteiger partial charge in [0.25, 0.3) is 0 Å². The van der Waals surface area contributed by atoms with Gasteiger partial charge < -0.3 is 10.2 Å². The second-order valence-electron chi connectivity index (χ2n) is 6.48. The Kier molecular flexibility index (Phi) is 9.38. The maximum atomic E-state index is 12.9. The first-order valence-electron chi connectivity index (χ1n) is 9.42. The van der Waals surface area contributed by atoms with Crippen molar-refractivity contribution >= 4 is 35.2 Å². The molecule has 0 aromatic heterocycles. The number of carbonyl (C=O) groups excluding carboxylic acids is 2. The third-order valence-corrected chi connectivity index (χ3v) is 5.72. The van der Waals surface area contributed by atoms with Crippen molar-refractivity contribution in [2.75, 3.05) is 19.3 Å². The molecule has 0 spiro atoms. The van der Waals surface area contributed by atoms with Gasteiger partial charge in [0.1, 0.15) is 6.04 Å². The van der Waals surface area contributed by atoms with Crippen LogP contribution in [-0.4, -0.2) is 42.1 Å². The Balaban J connectivity index is 2.01. The van der Waals surface area contributed by atoms with Crippen LogP contribution in [0.5, 0.6) is 0 Å². The van der Waals surface area contributed by atoms with Crippen molar-refractivity contribution in [1.29, 1.82) is 0 Å². The summed E-state index contributed by atoms with van der Waals surface area (Å²) in [4.78, 5) is 27.0. The van der Waals surface area contributed by atoms with Crippen LogP contribution in [0.25, 0.3) is 0 Å². The highest BCUT2D eigenvalue weighted by atomic mass is 35.5. The molecule has 0 aliphatic rings. The van der Waals surface area contributed by atoms with Gasteiger partial charge in [-0.3, -0.25) is 9.59 Å². The highest BCUT2D eigenvalue weighted by Gasteiger charge is 2.27. The number of rotatable bonds is 10. The Hall–Kier alpha value is -1.98. The Morgan fingerprint density at radius 2 is 1.82 bits per heavy atom. The fourth-order valence-corrected chi connectivity index (χ4v) is 4.10. The molecule has 2 amide bonds. The van der Waals surface area contributed by atoms with Gasteiger partial charge >= 0.3 is 0 Å². The lowest BCUT2D eigenvalue weighted by Crippen LogP contribution is -2.50. The van der Waals surface area contributed by atoms with Gasteiger partial charge in [-0.1, -0.05) is 61.0 Å². The van der Waals surface area contributed by atoms with E-state index >= 15 is 0 Å². The van der Waals surface area contributed by atoms with E-state index in [1.54, 1.807) is 11.9 Å². The van der Waals surface area contributed by atoms with Crippen molar-refractivity contribution in [2.24, 2.45) is 0 Å². The van der Waals surface area contributed by atoms with Crippen LogP contribution in [0.3, 0.4) is 0 Å². The van der Waals surface area contributed by atoms with E-state index in [0.29, 0.717) is 29.5 Å². The molecule has 0 aliphatic heterocycles. The normalized spacial score (nSPS) is 11.7. The van der Waals surface area contributed by atoms with Gasteiger partial charge in [-0.25, -0.2) is 0 Å². The van der Waals surface area contributed by atoms with Crippen LogP contribution in [0.15, 0.2) is 54.6 Å². The molecule has 6 heteroatoms. The largest absolute Gasteiger partial charge is 0.357 e. The number of nitrogens with one attached hydrogen (secondary N) is 1. The topological polar surface area (TPSA) is 49.4 Å². The van der Waals surface area contributed by atoms with E-state index < -0.39 is 6.04 Å². The monoisotopic (exact) mass is 418 g/mol. The van der Waals surface area contributed by atoms with E-state index in [1.807, 2.05) is 61.5 Å². The average Bonchev–Trinajstić information content (AvgIpc) is 2.71. The molecule has 4 nitrogen and oxygen atoms in total. The minimum Gasteiger partial charge on any atom is -0.357 e. The molecule has 0 saturated heterocycles. The molecule has 0 heterocycles. The molecule has 2 rings (SSSR count). The van der Waals surface area contributed by atoms with Crippen molar-refractivity contribution in [3.8, 4) is 0 Å². The Morgan fingerprint density at radius 1 is 1.11 bits per heavy atom. The third-order valence-electron chi connectivity index (χ3n) is 4.50. The Morgan fingerprint density at radius 3 is 2.46 bits per heavy atom. The molecular formula is C22H27ClN2O2S.